The van der Waals surface area contributed by atoms with Gasteiger partial charge >= 0.3 is 0 Å². The minimum absolute atomic E-state index is 0.371. The molecule has 0 unspecified atom stereocenters. The highest BCUT2D eigenvalue weighted by atomic mass is 32.1. The van der Waals surface area contributed by atoms with Gasteiger partial charge in [-0.05, 0) is 11.4 Å². The van der Waals surface area contributed by atoms with E-state index in [9.17, 15) is 0 Å². The van der Waals surface area contributed by atoms with Gasteiger partial charge in [-0.1, -0.05) is 11.8 Å². The van der Waals surface area contributed by atoms with Crippen molar-refractivity contribution in [2.75, 3.05) is 53.3 Å². The highest BCUT2D eigenvalue weighted by Crippen LogP contribution is 2.16. The fraction of sp³-hybridized carbons (Fsp3) is 0.600. The van der Waals surface area contributed by atoms with Crippen LogP contribution in [0.5, 0.6) is 0 Å². The SMILES string of the molecule is COCCOCCOCCOCc1sccc1C#CCN. The quantitative estimate of drug-likeness (QED) is 0.492. The van der Waals surface area contributed by atoms with E-state index in [-0.39, 0.29) is 0 Å². The lowest BCUT2D eigenvalue weighted by Crippen LogP contribution is -2.11. The number of nitrogens with two attached hydrogens (primary N) is 1. The third kappa shape index (κ3) is 8.83. The molecule has 5 nitrogen and oxygen atoms in total. The van der Waals surface area contributed by atoms with Crippen LogP contribution in [0, 0.1) is 11.8 Å². The first-order valence-electron chi connectivity index (χ1n) is 6.86. The topological polar surface area (TPSA) is 62.9 Å². The molecular formula is C15H23NO4S. The van der Waals surface area contributed by atoms with Crippen molar-refractivity contribution >= 4 is 11.3 Å². The van der Waals surface area contributed by atoms with E-state index in [4.69, 9.17) is 24.7 Å². The summed E-state index contributed by atoms with van der Waals surface area (Å²) in [6.45, 7) is 4.39. The number of methoxy groups -OCH3 is 1. The van der Waals surface area contributed by atoms with Crippen LogP contribution in [0.15, 0.2) is 11.4 Å². The third-order valence-corrected chi connectivity index (χ3v) is 3.37. The Kier molecular flexibility index (Phi) is 11.0. The molecule has 118 valence electrons. The predicted octanol–water partition coefficient (Wildman–Crippen LogP) is 1.25. The molecule has 0 bridgehead atoms. The molecule has 1 heterocycles. The predicted molar refractivity (Wildman–Crippen MR) is 83.4 cm³/mol. The van der Waals surface area contributed by atoms with Crippen molar-refractivity contribution in [3.8, 4) is 11.8 Å². The van der Waals surface area contributed by atoms with Crippen LogP contribution < -0.4 is 5.73 Å². The Bertz CT molecular complexity index is 425. The lowest BCUT2D eigenvalue weighted by molar-refractivity contribution is 0.00118. The fourth-order valence-corrected chi connectivity index (χ4v) is 2.22. The van der Waals surface area contributed by atoms with Crippen molar-refractivity contribution in [3.63, 3.8) is 0 Å². The molecule has 0 aromatic carbocycles. The van der Waals surface area contributed by atoms with Crippen LogP contribution in [-0.2, 0) is 25.6 Å². The second-order valence-corrected chi connectivity index (χ2v) is 5.03. The molecule has 0 amide bonds. The third-order valence-electron chi connectivity index (χ3n) is 2.48. The first-order chi connectivity index (χ1) is 10.4. The molecule has 21 heavy (non-hydrogen) atoms. The van der Waals surface area contributed by atoms with Crippen molar-refractivity contribution in [1.82, 2.24) is 0 Å². The number of hydrogen-bond acceptors (Lipinski definition) is 6. The maximum Gasteiger partial charge on any atom is 0.0823 e. The molecule has 0 radical (unpaired) electrons. The van der Waals surface area contributed by atoms with Gasteiger partial charge in [0.1, 0.15) is 0 Å². The number of ether oxygens (including phenoxy) is 4. The van der Waals surface area contributed by atoms with E-state index in [1.54, 1.807) is 18.4 Å². The van der Waals surface area contributed by atoms with E-state index in [2.05, 4.69) is 11.8 Å². The molecule has 0 spiro atoms. The number of hydrogen-bond donors (Lipinski definition) is 1. The first-order valence-corrected chi connectivity index (χ1v) is 7.74. The molecule has 0 saturated carbocycles. The van der Waals surface area contributed by atoms with Gasteiger partial charge in [0, 0.05) is 17.6 Å². The highest BCUT2D eigenvalue weighted by Gasteiger charge is 2.01. The Morgan fingerprint density at radius 2 is 1.71 bits per heavy atom. The van der Waals surface area contributed by atoms with E-state index < -0.39 is 0 Å². The minimum Gasteiger partial charge on any atom is -0.382 e. The first kappa shape index (κ1) is 18.1. The van der Waals surface area contributed by atoms with Gasteiger partial charge in [0.05, 0.1) is 52.8 Å². The molecular weight excluding hydrogens is 290 g/mol. The van der Waals surface area contributed by atoms with Crippen LogP contribution in [0.4, 0.5) is 0 Å². The minimum atomic E-state index is 0.371. The van der Waals surface area contributed by atoms with Gasteiger partial charge in [0.25, 0.3) is 0 Å². The van der Waals surface area contributed by atoms with Crippen LogP contribution in [0.3, 0.4) is 0 Å². The van der Waals surface area contributed by atoms with Crippen molar-refractivity contribution in [3.05, 3.63) is 21.9 Å². The van der Waals surface area contributed by atoms with Crippen LogP contribution in [0.2, 0.25) is 0 Å². The van der Waals surface area contributed by atoms with E-state index in [0.717, 1.165) is 10.4 Å². The van der Waals surface area contributed by atoms with Gasteiger partial charge in [0.15, 0.2) is 0 Å². The second-order valence-electron chi connectivity index (χ2n) is 4.03. The Hall–Kier alpha value is -0.940. The summed E-state index contributed by atoms with van der Waals surface area (Å²) in [6, 6.07) is 1.99. The smallest absolute Gasteiger partial charge is 0.0823 e. The molecule has 0 saturated heterocycles. The fourth-order valence-electron chi connectivity index (χ4n) is 1.46. The van der Waals surface area contributed by atoms with E-state index in [1.807, 2.05) is 11.4 Å². The summed E-state index contributed by atoms with van der Waals surface area (Å²) in [6.07, 6.45) is 0. The zero-order valence-electron chi connectivity index (χ0n) is 12.4. The maximum absolute atomic E-state index is 5.57. The van der Waals surface area contributed by atoms with Crippen LogP contribution in [0.25, 0.3) is 0 Å². The molecule has 2 N–H and O–H groups in total. The van der Waals surface area contributed by atoms with Gasteiger partial charge in [-0.2, -0.15) is 0 Å². The van der Waals surface area contributed by atoms with Gasteiger partial charge < -0.3 is 24.7 Å². The normalized spacial score (nSPS) is 10.4. The Balaban J connectivity index is 2.01. The average Bonchev–Trinajstić information content (AvgIpc) is 2.94. The largest absolute Gasteiger partial charge is 0.382 e. The van der Waals surface area contributed by atoms with Crippen molar-refractivity contribution in [2.45, 2.75) is 6.61 Å². The van der Waals surface area contributed by atoms with Gasteiger partial charge in [-0.15, -0.1) is 11.3 Å². The second kappa shape index (κ2) is 12.8. The highest BCUT2D eigenvalue weighted by molar-refractivity contribution is 7.10. The molecule has 0 aliphatic carbocycles. The van der Waals surface area contributed by atoms with E-state index in [1.165, 1.54) is 0 Å². The number of thiophene rings is 1. The van der Waals surface area contributed by atoms with E-state index in [0.29, 0.717) is 52.8 Å². The van der Waals surface area contributed by atoms with Crippen LogP contribution >= 0.6 is 11.3 Å². The van der Waals surface area contributed by atoms with Gasteiger partial charge in [-0.25, -0.2) is 0 Å². The molecule has 0 aliphatic rings. The lowest BCUT2D eigenvalue weighted by atomic mass is 10.2. The van der Waals surface area contributed by atoms with Gasteiger partial charge in [-0.3, -0.25) is 0 Å². The average molecular weight is 313 g/mol. The monoisotopic (exact) mass is 313 g/mol. The summed E-state index contributed by atoms with van der Waals surface area (Å²) in [7, 11) is 1.65. The summed E-state index contributed by atoms with van der Waals surface area (Å²) in [4.78, 5) is 1.12. The molecule has 1 aromatic heterocycles. The molecule has 0 aliphatic heterocycles. The van der Waals surface area contributed by atoms with Crippen LogP contribution in [-0.4, -0.2) is 53.3 Å². The van der Waals surface area contributed by atoms with Gasteiger partial charge in [0.2, 0.25) is 0 Å². The summed E-state index contributed by atoms with van der Waals surface area (Å²) in [5.74, 6) is 5.89. The Morgan fingerprint density at radius 3 is 2.38 bits per heavy atom. The molecule has 0 fully saturated rings. The standard InChI is InChI=1S/C15H23NO4S/c1-17-6-7-18-8-9-19-10-11-20-13-15-14(3-2-5-16)4-12-21-15/h4,12H,5-11,13,16H2,1H3. The lowest BCUT2D eigenvalue weighted by Gasteiger charge is -2.06. The molecule has 1 aromatic rings. The summed E-state index contributed by atoms with van der Waals surface area (Å²) < 4.78 is 21.1. The Morgan fingerprint density at radius 1 is 1.05 bits per heavy atom. The maximum atomic E-state index is 5.57. The summed E-state index contributed by atoms with van der Waals surface area (Å²) >= 11 is 1.64. The van der Waals surface area contributed by atoms with E-state index >= 15 is 0 Å². The van der Waals surface area contributed by atoms with Crippen molar-refractivity contribution < 1.29 is 18.9 Å². The Labute approximate surface area is 130 Å². The van der Waals surface area contributed by atoms with Crippen LogP contribution in [0.1, 0.15) is 10.4 Å². The molecule has 1 rings (SSSR count). The summed E-state index contributed by atoms with van der Waals surface area (Å²) in [5.41, 5.74) is 6.36. The molecule has 0 atom stereocenters. The molecule has 6 heteroatoms. The van der Waals surface area contributed by atoms with Crippen molar-refractivity contribution in [1.29, 1.82) is 0 Å². The van der Waals surface area contributed by atoms with Crippen molar-refractivity contribution in [2.24, 2.45) is 5.73 Å². The summed E-state index contributed by atoms with van der Waals surface area (Å²) in [5, 5.41) is 2.01. The zero-order chi connectivity index (χ0) is 15.2. The zero-order valence-corrected chi connectivity index (χ0v) is 13.2. The number of rotatable bonds is 11.